The van der Waals surface area contributed by atoms with Gasteiger partial charge in [-0.05, 0) is 38.2 Å². The molecule has 0 radical (unpaired) electrons. The lowest BCUT2D eigenvalue weighted by molar-refractivity contribution is -2.00. The molecule has 2 unspecified atom stereocenters. The number of nitriles is 1. The predicted octanol–water partition coefficient (Wildman–Crippen LogP) is -0.373. The van der Waals surface area contributed by atoms with Crippen molar-refractivity contribution >= 4 is 0 Å². The maximum absolute atomic E-state index is 9.65. The highest BCUT2D eigenvalue weighted by atomic mass is 35.7. The molecule has 138 valence electrons. The Morgan fingerprint density at radius 1 is 1.17 bits per heavy atom. The Labute approximate surface area is 147 Å². The second-order valence-electron chi connectivity index (χ2n) is 6.70. The van der Waals surface area contributed by atoms with Crippen LogP contribution in [-0.4, -0.2) is 23.6 Å². The number of halogens is 1. The first kappa shape index (κ1) is 21.4. The van der Waals surface area contributed by atoms with Crippen LogP contribution in [0.5, 0.6) is 0 Å². The number of quaternary nitrogens is 1. The SMILES string of the molecule is CCCC[N+]1(CCCC)C2=CCCCC2CC1C#N.[O-][Cl+3]([O-])([O-])[O-]. The average molecular weight is 361 g/mol. The van der Waals surface area contributed by atoms with Gasteiger partial charge in [-0.25, -0.2) is 18.6 Å². The molecule has 2 rings (SSSR count). The number of hydrogen-bond donors (Lipinski definition) is 0. The van der Waals surface area contributed by atoms with Crippen LogP contribution in [-0.2, 0) is 0 Å². The number of hydrogen-bond acceptors (Lipinski definition) is 5. The molecule has 1 fully saturated rings. The predicted molar refractivity (Wildman–Crippen MR) is 79.3 cm³/mol. The fourth-order valence-electron chi connectivity index (χ4n) is 4.09. The highest BCUT2D eigenvalue weighted by molar-refractivity contribution is 5.12. The van der Waals surface area contributed by atoms with Crippen molar-refractivity contribution < 1.29 is 33.4 Å². The monoisotopic (exact) mass is 360 g/mol. The highest BCUT2D eigenvalue weighted by Crippen LogP contribution is 2.46. The number of nitrogens with zero attached hydrogens (tertiary/aromatic N) is 2. The van der Waals surface area contributed by atoms with E-state index in [1.54, 1.807) is 5.70 Å². The molecule has 24 heavy (non-hydrogen) atoms. The minimum absolute atomic E-state index is 0.229. The van der Waals surface area contributed by atoms with Crippen LogP contribution in [0.2, 0.25) is 0 Å². The van der Waals surface area contributed by atoms with Crippen LogP contribution < -0.4 is 18.6 Å². The Bertz CT molecular complexity index is 442. The zero-order valence-corrected chi connectivity index (χ0v) is 15.5. The molecule has 1 aliphatic carbocycles. The molecule has 0 aromatic rings. The van der Waals surface area contributed by atoms with Crippen molar-refractivity contribution in [2.45, 2.75) is 71.3 Å². The zero-order valence-electron chi connectivity index (χ0n) is 14.7. The minimum atomic E-state index is -4.94. The maximum Gasteiger partial charge on any atom is 0.181 e. The summed E-state index contributed by atoms with van der Waals surface area (Å²) in [6.45, 7) is 6.91. The summed E-state index contributed by atoms with van der Waals surface area (Å²) >= 11 is 0. The summed E-state index contributed by atoms with van der Waals surface area (Å²) < 4.78 is 35.0. The fourth-order valence-corrected chi connectivity index (χ4v) is 4.09. The summed E-state index contributed by atoms with van der Waals surface area (Å²) in [6, 6.07) is 2.89. The van der Waals surface area contributed by atoms with Crippen molar-refractivity contribution in [2.24, 2.45) is 5.92 Å². The first-order chi connectivity index (χ1) is 11.3. The van der Waals surface area contributed by atoms with Crippen LogP contribution in [0.4, 0.5) is 0 Å². The van der Waals surface area contributed by atoms with E-state index in [0.29, 0.717) is 5.92 Å². The molecule has 1 aliphatic heterocycles. The van der Waals surface area contributed by atoms with E-state index in [2.05, 4.69) is 26.0 Å². The second-order valence-corrected chi connectivity index (χ2v) is 7.46. The van der Waals surface area contributed by atoms with E-state index in [1.165, 1.54) is 58.0 Å². The van der Waals surface area contributed by atoms with Crippen LogP contribution in [0, 0.1) is 27.5 Å². The maximum atomic E-state index is 9.65. The summed E-state index contributed by atoms with van der Waals surface area (Å²) in [5, 5.41) is 9.65. The van der Waals surface area contributed by atoms with Gasteiger partial charge in [-0.3, -0.25) is 4.48 Å². The van der Waals surface area contributed by atoms with Crippen molar-refractivity contribution in [1.82, 2.24) is 0 Å². The smallest absolute Gasteiger partial charge is 0.181 e. The standard InChI is InChI=1S/C17H29N2.ClHO4/c1-3-5-11-19(12-6-4-2)16(14-18)13-15-9-7-8-10-17(15)19;2-1(3,4)5/h10,15-16H,3-9,11-13H2,1-2H3;(H,2,3,4,5)/q+1;/p-1. The summed E-state index contributed by atoms with van der Waals surface area (Å²) in [7, 11) is -4.94. The normalized spacial score (nSPS) is 25.1. The Morgan fingerprint density at radius 3 is 2.17 bits per heavy atom. The largest absolute Gasteiger partial charge is 0.280 e. The summed E-state index contributed by atoms with van der Waals surface area (Å²) in [4.78, 5) is 0. The molecule has 0 N–H and O–H groups in total. The molecule has 7 heteroatoms. The number of allylic oxidation sites excluding steroid dienone is 2. The van der Waals surface area contributed by atoms with Gasteiger partial charge in [0.2, 0.25) is 0 Å². The van der Waals surface area contributed by atoms with Crippen LogP contribution in [0.1, 0.15) is 65.2 Å². The van der Waals surface area contributed by atoms with Gasteiger partial charge in [0, 0.05) is 12.3 Å². The molecule has 0 saturated carbocycles. The fraction of sp³-hybridized carbons (Fsp3) is 0.824. The van der Waals surface area contributed by atoms with Crippen molar-refractivity contribution in [2.75, 3.05) is 13.1 Å². The van der Waals surface area contributed by atoms with Crippen molar-refractivity contribution in [3.63, 3.8) is 0 Å². The third kappa shape index (κ3) is 5.99. The average Bonchev–Trinajstić information content (AvgIpc) is 2.83. The molecular formula is C17H29ClN2O4. The molecular weight excluding hydrogens is 332 g/mol. The third-order valence-corrected chi connectivity index (χ3v) is 5.12. The summed E-state index contributed by atoms with van der Waals surface area (Å²) in [6.07, 6.45) is 12.5. The molecule has 0 bridgehead atoms. The van der Waals surface area contributed by atoms with Gasteiger partial charge in [0.25, 0.3) is 0 Å². The molecule has 1 heterocycles. The summed E-state index contributed by atoms with van der Waals surface area (Å²) in [5.74, 6) is 0.715. The molecule has 0 amide bonds. The zero-order chi connectivity index (χ0) is 18.2. The number of unbranched alkanes of at least 4 members (excludes halogenated alkanes) is 2. The Hall–Kier alpha value is -0.680. The topological polar surface area (TPSA) is 116 Å². The Morgan fingerprint density at radius 2 is 1.71 bits per heavy atom. The minimum Gasteiger partial charge on any atom is -0.280 e. The molecule has 6 nitrogen and oxygen atoms in total. The first-order valence-corrected chi connectivity index (χ1v) is 10.1. The van der Waals surface area contributed by atoms with E-state index >= 15 is 0 Å². The molecule has 2 aliphatic rings. The first-order valence-electron chi connectivity index (χ1n) is 8.87. The van der Waals surface area contributed by atoms with E-state index in [9.17, 15) is 5.26 Å². The molecule has 0 spiro atoms. The Balaban J connectivity index is 0.000000505. The van der Waals surface area contributed by atoms with Gasteiger partial charge < -0.3 is 0 Å². The van der Waals surface area contributed by atoms with E-state index in [0.717, 1.165) is 10.9 Å². The van der Waals surface area contributed by atoms with Crippen LogP contribution in [0.15, 0.2) is 11.8 Å². The van der Waals surface area contributed by atoms with Crippen LogP contribution in [0.25, 0.3) is 0 Å². The van der Waals surface area contributed by atoms with Gasteiger partial charge in [0.05, 0.1) is 13.1 Å². The lowest BCUT2D eigenvalue weighted by Gasteiger charge is -2.39. The molecule has 0 aromatic carbocycles. The van der Waals surface area contributed by atoms with Gasteiger partial charge in [0.15, 0.2) is 6.04 Å². The number of rotatable bonds is 6. The van der Waals surface area contributed by atoms with E-state index in [1.807, 2.05) is 0 Å². The van der Waals surface area contributed by atoms with E-state index < -0.39 is 10.2 Å². The van der Waals surface area contributed by atoms with Gasteiger partial charge in [-0.15, -0.1) is 10.2 Å². The molecule has 0 aromatic heterocycles. The van der Waals surface area contributed by atoms with E-state index in [-0.39, 0.29) is 6.04 Å². The molecule has 1 saturated heterocycles. The third-order valence-electron chi connectivity index (χ3n) is 5.12. The summed E-state index contributed by atoms with van der Waals surface area (Å²) in [5.41, 5.74) is 1.64. The van der Waals surface area contributed by atoms with E-state index in [4.69, 9.17) is 18.6 Å². The molecule has 2 atom stereocenters. The second kappa shape index (κ2) is 9.71. The quantitative estimate of drug-likeness (QED) is 0.599. The van der Waals surface area contributed by atoms with Gasteiger partial charge in [-0.2, -0.15) is 5.26 Å². The van der Waals surface area contributed by atoms with Gasteiger partial charge in [-0.1, -0.05) is 26.7 Å². The lowest BCUT2D eigenvalue weighted by Crippen LogP contribution is -2.68. The van der Waals surface area contributed by atoms with Crippen LogP contribution >= 0.6 is 0 Å². The Kier molecular flexibility index (Phi) is 8.65. The van der Waals surface area contributed by atoms with Crippen molar-refractivity contribution in [3.05, 3.63) is 11.8 Å². The van der Waals surface area contributed by atoms with Gasteiger partial charge >= 0.3 is 0 Å². The van der Waals surface area contributed by atoms with Crippen molar-refractivity contribution in [3.8, 4) is 6.07 Å². The lowest BCUT2D eigenvalue weighted by atomic mass is 9.91. The highest BCUT2D eigenvalue weighted by Gasteiger charge is 2.51. The van der Waals surface area contributed by atoms with Gasteiger partial charge in [0.1, 0.15) is 11.8 Å². The number of likely N-dealkylation sites (tertiary alicyclic amines) is 1. The van der Waals surface area contributed by atoms with Crippen LogP contribution in [0.3, 0.4) is 0 Å². The van der Waals surface area contributed by atoms with Crippen molar-refractivity contribution in [1.29, 1.82) is 5.26 Å². The number of fused-ring (bicyclic) bond motifs is 1.